The highest BCUT2D eigenvalue weighted by Gasteiger charge is 2.14. The molecular formula is C24H17ClN2O. The van der Waals surface area contributed by atoms with Crippen molar-refractivity contribution in [3.05, 3.63) is 118 Å². The summed E-state index contributed by atoms with van der Waals surface area (Å²) in [5.74, 6) is 0.562. The predicted molar refractivity (Wildman–Crippen MR) is 117 cm³/mol. The van der Waals surface area contributed by atoms with Gasteiger partial charge < -0.3 is 0 Å². The smallest absolute Gasteiger partial charge is 0.264 e. The summed E-state index contributed by atoms with van der Waals surface area (Å²) in [6.07, 6.45) is 5.38. The molecule has 0 aliphatic heterocycles. The number of pyridine rings is 2. The number of nitrogens with zero attached hydrogens (tertiary/aromatic N) is 2. The molecule has 0 saturated heterocycles. The number of halogens is 1. The van der Waals surface area contributed by atoms with Crippen molar-refractivity contribution in [3.8, 4) is 5.82 Å². The van der Waals surface area contributed by atoms with Gasteiger partial charge in [0.15, 0.2) is 0 Å². The molecule has 0 bridgehead atoms. The number of benzene rings is 2. The van der Waals surface area contributed by atoms with Crippen molar-refractivity contribution in [2.45, 2.75) is 0 Å². The van der Waals surface area contributed by atoms with E-state index in [-0.39, 0.29) is 5.56 Å². The van der Waals surface area contributed by atoms with Crippen LogP contribution in [0, 0.1) is 0 Å². The molecule has 4 aromatic rings. The standard InChI is InChI=1S/C24H17ClN2O/c1-2-18(14-17-8-7-10-20(25)15-17)22-16-19-9-3-4-11-21(19)24(28)27(22)23-12-5-6-13-26-23/h2-16H,1H2. The summed E-state index contributed by atoms with van der Waals surface area (Å²) in [5.41, 5.74) is 2.33. The van der Waals surface area contributed by atoms with E-state index in [4.69, 9.17) is 11.6 Å². The third kappa shape index (κ3) is 3.40. The number of allylic oxidation sites excluding steroid dienone is 2. The summed E-state index contributed by atoms with van der Waals surface area (Å²) in [6, 6.07) is 22.6. The van der Waals surface area contributed by atoms with Crippen LogP contribution in [0.15, 0.2) is 96.4 Å². The van der Waals surface area contributed by atoms with Gasteiger partial charge in [-0.2, -0.15) is 0 Å². The lowest BCUT2D eigenvalue weighted by Gasteiger charge is -2.15. The van der Waals surface area contributed by atoms with Crippen molar-refractivity contribution in [2.75, 3.05) is 0 Å². The van der Waals surface area contributed by atoms with Gasteiger partial charge in [-0.1, -0.05) is 60.7 Å². The minimum absolute atomic E-state index is 0.120. The molecule has 0 aliphatic rings. The zero-order valence-electron chi connectivity index (χ0n) is 15.0. The minimum Gasteiger partial charge on any atom is -0.268 e. The molecule has 0 unspecified atom stereocenters. The van der Waals surface area contributed by atoms with Gasteiger partial charge in [0.2, 0.25) is 0 Å². The zero-order valence-corrected chi connectivity index (χ0v) is 15.8. The fourth-order valence-corrected chi connectivity index (χ4v) is 3.40. The molecule has 3 nitrogen and oxygen atoms in total. The summed E-state index contributed by atoms with van der Waals surface area (Å²) in [7, 11) is 0. The van der Waals surface area contributed by atoms with Crippen molar-refractivity contribution in [1.82, 2.24) is 9.55 Å². The van der Waals surface area contributed by atoms with E-state index in [9.17, 15) is 4.79 Å². The van der Waals surface area contributed by atoms with Crippen LogP contribution >= 0.6 is 11.6 Å². The van der Waals surface area contributed by atoms with Crippen molar-refractivity contribution >= 4 is 34.0 Å². The van der Waals surface area contributed by atoms with E-state index in [1.54, 1.807) is 16.8 Å². The average molecular weight is 385 g/mol. The van der Waals surface area contributed by atoms with E-state index in [1.165, 1.54) is 0 Å². The Balaban J connectivity index is 2.04. The third-order valence-corrected chi connectivity index (χ3v) is 4.73. The third-order valence-electron chi connectivity index (χ3n) is 4.49. The van der Waals surface area contributed by atoms with E-state index in [0.717, 1.165) is 22.2 Å². The molecule has 0 radical (unpaired) electrons. The lowest BCUT2D eigenvalue weighted by molar-refractivity contribution is 0.938. The van der Waals surface area contributed by atoms with Gasteiger partial charge in [0, 0.05) is 16.6 Å². The molecule has 2 aromatic carbocycles. The molecule has 4 heteroatoms. The van der Waals surface area contributed by atoms with Gasteiger partial charge >= 0.3 is 0 Å². The van der Waals surface area contributed by atoms with Gasteiger partial charge in [-0.15, -0.1) is 0 Å². The van der Waals surface area contributed by atoms with Crippen LogP contribution in [0.5, 0.6) is 0 Å². The highest BCUT2D eigenvalue weighted by atomic mass is 35.5. The van der Waals surface area contributed by atoms with Crippen LogP contribution in [0.4, 0.5) is 0 Å². The first kappa shape index (κ1) is 18.0. The molecule has 0 saturated carbocycles. The molecule has 0 N–H and O–H groups in total. The Morgan fingerprint density at radius 3 is 2.57 bits per heavy atom. The number of hydrogen-bond acceptors (Lipinski definition) is 2. The predicted octanol–water partition coefficient (Wildman–Crippen LogP) is 5.77. The molecule has 0 aliphatic carbocycles. The first-order valence-corrected chi connectivity index (χ1v) is 9.21. The summed E-state index contributed by atoms with van der Waals surface area (Å²) < 4.78 is 1.63. The van der Waals surface area contributed by atoms with Crippen molar-refractivity contribution in [1.29, 1.82) is 0 Å². The maximum atomic E-state index is 13.3. The Labute approximate surface area is 167 Å². The topological polar surface area (TPSA) is 34.9 Å². The fraction of sp³-hybridized carbons (Fsp3) is 0. The molecule has 4 rings (SSSR count). The summed E-state index contributed by atoms with van der Waals surface area (Å²) in [6.45, 7) is 3.96. The highest BCUT2D eigenvalue weighted by Crippen LogP contribution is 2.25. The van der Waals surface area contributed by atoms with Crippen molar-refractivity contribution in [2.24, 2.45) is 0 Å². The molecule has 2 aromatic heterocycles. The Bertz CT molecular complexity index is 1260. The molecule has 0 amide bonds. The Morgan fingerprint density at radius 2 is 1.82 bits per heavy atom. The van der Waals surface area contributed by atoms with Crippen LogP contribution in [0.25, 0.3) is 28.2 Å². The highest BCUT2D eigenvalue weighted by molar-refractivity contribution is 6.30. The van der Waals surface area contributed by atoms with Gasteiger partial charge in [0.25, 0.3) is 5.56 Å². The molecule has 28 heavy (non-hydrogen) atoms. The summed E-state index contributed by atoms with van der Waals surface area (Å²) >= 11 is 6.13. The van der Waals surface area contributed by atoms with Crippen molar-refractivity contribution in [3.63, 3.8) is 0 Å². The summed E-state index contributed by atoms with van der Waals surface area (Å²) in [4.78, 5) is 17.7. The van der Waals surface area contributed by atoms with Crippen molar-refractivity contribution < 1.29 is 0 Å². The van der Waals surface area contributed by atoms with E-state index >= 15 is 0 Å². The van der Waals surface area contributed by atoms with Crippen LogP contribution in [-0.2, 0) is 0 Å². The SMILES string of the molecule is C=CC(=Cc1cccc(Cl)c1)c1cc2ccccc2c(=O)n1-c1ccccn1. The van der Waals surface area contributed by atoms with E-state index in [0.29, 0.717) is 16.2 Å². The first-order chi connectivity index (χ1) is 13.7. The monoisotopic (exact) mass is 384 g/mol. The molecular weight excluding hydrogens is 368 g/mol. The van der Waals surface area contributed by atoms with E-state index < -0.39 is 0 Å². The van der Waals surface area contributed by atoms with E-state index in [1.807, 2.05) is 78.9 Å². The number of fused-ring (bicyclic) bond motifs is 1. The molecule has 136 valence electrons. The Hall–Kier alpha value is -3.43. The van der Waals surface area contributed by atoms with Gasteiger partial charge in [0.1, 0.15) is 5.82 Å². The average Bonchev–Trinajstić information content (AvgIpc) is 2.73. The Morgan fingerprint density at radius 1 is 1.00 bits per heavy atom. The van der Waals surface area contributed by atoms with Crippen LogP contribution in [0.3, 0.4) is 0 Å². The lowest BCUT2D eigenvalue weighted by atomic mass is 10.0. The maximum Gasteiger partial charge on any atom is 0.264 e. The Kier molecular flexibility index (Phi) is 4.92. The molecule has 0 fully saturated rings. The van der Waals surface area contributed by atoms with Crippen LogP contribution in [-0.4, -0.2) is 9.55 Å². The van der Waals surface area contributed by atoms with Gasteiger partial charge in [-0.05, 0) is 59.0 Å². The molecule has 2 heterocycles. The lowest BCUT2D eigenvalue weighted by Crippen LogP contribution is -2.22. The molecule has 0 atom stereocenters. The first-order valence-electron chi connectivity index (χ1n) is 8.83. The van der Waals surface area contributed by atoms with Gasteiger partial charge in [-0.25, -0.2) is 4.98 Å². The second-order valence-corrected chi connectivity index (χ2v) is 6.74. The van der Waals surface area contributed by atoms with E-state index in [2.05, 4.69) is 11.6 Å². The largest absolute Gasteiger partial charge is 0.268 e. The van der Waals surface area contributed by atoms with Crippen LogP contribution in [0.2, 0.25) is 5.02 Å². The van der Waals surface area contributed by atoms with Gasteiger partial charge in [-0.3, -0.25) is 9.36 Å². The zero-order chi connectivity index (χ0) is 19.5. The fourth-order valence-electron chi connectivity index (χ4n) is 3.20. The molecule has 0 spiro atoms. The number of aromatic nitrogens is 2. The summed E-state index contributed by atoms with van der Waals surface area (Å²) in [5, 5.41) is 2.16. The number of hydrogen-bond donors (Lipinski definition) is 0. The van der Waals surface area contributed by atoms with Gasteiger partial charge in [0.05, 0.1) is 5.69 Å². The minimum atomic E-state index is -0.120. The quantitative estimate of drug-likeness (QED) is 0.419. The second-order valence-electron chi connectivity index (χ2n) is 6.30. The second kappa shape index (κ2) is 7.67. The van der Waals surface area contributed by atoms with Crippen LogP contribution in [0.1, 0.15) is 11.3 Å². The number of rotatable bonds is 4. The maximum absolute atomic E-state index is 13.3. The normalized spacial score (nSPS) is 11.5. The van der Waals surface area contributed by atoms with Crippen LogP contribution < -0.4 is 5.56 Å².